The Bertz CT molecular complexity index is 1740. The number of carbonyl (C=O) groups is 1. The lowest BCUT2D eigenvalue weighted by Gasteiger charge is -2.29. The Morgan fingerprint density at radius 3 is 2.57 bits per heavy atom. The van der Waals surface area contributed by atoms with Gasteiger partial charge in [0.2, 0.25) is 0 Å². The number of carbonyl (C=O) groups excluding carboxylic acids is 1. The predicted molar refractivity (Wildman–Crippen MR) is 141 cm³/mol. The van der Waals surface area contributed by atoms with E-state index in [0.29, 0.717) is 39.7 Å². The highest BCUT2D eigenvalue weighted by Crippen LogP contribution is 2.46. The number of sulfonamides is 1. The zero-order chi connectivity index (χ0) is 25.6. The number of rotatable bonds is 5. The normalized spacial score (nSPS) is 14.3. The van der Waals surface area contributed by atoms with Crippen LogP contribution in [0, 0.1) is 0 Å². The van der Waals surface area contributed by atoms with E-state index in [1.54, 1.807) is 25.1 Å². The SMILES string of the molecule is C/C(=N\NC(=O)CN1c2c(-c3ccccc3)n[nH]c2-c2ccccc2S1(=O)=O)c1cc2ccccc2o1. The molecule has 184 valence electrons. The van der Waals surface area contributed by atoms with Crippen molar-refractivity contribution in [2.75, 3.05) is 10.8 Å². The summed E-state index contributed by atoms with van der Waals surface area (Å²) in [5, 5.41) is 12.5. The molecule has 0 saturated carbocycles. The number of hydrogen-bond acceptors (Lipinski definition) is 6. The molecule has 0 saturated heterocycles. The summed E-state index contributed by atoms with van der Waals surface area (Å²) in [5.74, 6) is -0.103. The fraction of sp³-hybridized carbons (Fsp3) is 0.0741. The number of aromatic amines is 1. The van der Waals surface area contributed by atoms with Crippen molar-refractivity contribution in [1.29, 1.82) is 0 Å². The lowest BCUT2D eigenvalue weighted by atomic mass is 10.1. The summed E-state index contributed by atoms with van der Waals surface area (Å²) in [7, 11) is -4.05. The van der Waals surface area contributed by atoms with Crippen LogP contribution in [0.15, 0.2) is 99.3 Å². The summed E-state index contributed by atoms with van der Waals surface area (Å²) in [5.41, 5.74) is 6.13. The average Bonchev–Trinajstić information content (AvgIpc) is 3.55. The molecule has 5 aromatic rings. The maximum Gasteiger partial charge on any atom is 0.265 e. The number of anilines is 1. The molecule has 1 amide bonds. The molecule has 0 spiro atoms. The van der Waals surface area contributed by atoms with Gasteiger partial charge in [0.15, 0.2) is 5.76 Å². The van der Waals surface area contributed by atoms with Crippen molar-refractivity contribution in [3.63, 3.8) is 0 Å². The lowest BCUT2D eigenvalue weighted by molar-refractivity contribution is -0.119. The Balaban J connectivity index is 1.35. The Hall–Kier alpha value is -4.70. The molecule has 1 aliphatic rings. The van der Waals surface area contributed by atoms with Gasteiger partial charge < -0.3 is 4.42 Å². The van der Waals surface area contributed by atoms with Crippen molar-refractivity contribution in [2.45, 2.75) is 11.8 Å². The van der Waals surface area contributed by atoms with Crippen LogP contribution in [0.25, 0.3) is 33.5 Å². The second-order valence-electron chi connectivity index (χ2n) is 8.55. The van der Waals surface area contributed by atoms with Crippen LogP contribution in [-0.4, -0.2) is 36.8 Å². The van der Waals surface area contributed by atoms with Gasteiger partial charge in [-0.25, -0.2) is 13.8 Å². The van der Waals surface area contributed by atoms with Crippen LogP contribution in [0.2, 0.25) is 0 Å². The summed E-state index contributed by atoms with van der Waals surface area (Å²) >= 11 is 0. The molecule has 2 aromatic heterocycles. The third kappa shape index (κ3) is 3.87. The topological polar surface area (TPSA) is 121 Å². The summed E-state index contributed by atoms with van der Waals surface area (Å²) in [6.45, 7) is 1.22. The standard InChI is InChI=1S/C27H21N5O4S/c1-17(22-15-19-11-5-7-13-21(19)36-22)28-29-24(33)16-32-27-25(18-9-3-2-4-10-18)30-31-26(27)20-12-6-8-14-23(20)37(32,34)35/h2-15H,16H2,1H3,(H,29,33)(H,30,31)/b28-17+. The maximum absolute atomic E-state index is 13.7. The third-order valence-corrected chi connectivity index (χ3v) is 7.98. The molecule has 0 unspecified atom stereocenters. The van der Waals surface area contributed by atoms with Crippen LogP contribution >= 0.6 is 0 Å². The first-order valence-corrected chi connectivity index (χ1v) is 13.0. The van der Waals surface area contributed by atoms with Crippen LogP contribution in [-0.2, 0) is 14.8 Å². The number of benzene rings is 3. The van der Waals surface area contributed by atoms with E-state index in [1.165, 1.54) is 6.07 Å². The number of nitrogens with one attached hydrogen (secondary N) is 2. The molecule has 2 N–H and O–H groups in total. The number of furan rings is 1. The van der Waals surface area contributed by atoms with E-state index in [2.05, 4.69) is 20.7 Å². The van der Waals surface area contributed by atoms with Crippen LogP contribution < -0.4 is 9.73 Å². The van der Waals surface area contributed by atoms with Crippen molar-refractivity contribution in [2.24, 2.45) is 5.10 Å². The van der Waals surface area contributed by atoms with Crippen LogP contribution in [0.1, 0.15) is 12.7 Å². The van der Waals surface area contributed by atoms with Crippen LogP contribution in [0.4, 0.5) is 5.69 Å². The summed E-state index contributed by atoms with van der Waals surface area (Å²) in [6.07, 6.45) is 0. The van der Waals surface area contributed by atoms with E-state index in [9.17, 15) is 13.2 Å². The van der Waals surface area contributed by atoms with Gasteiger partial charge in [0.05, 0.1) is 10.6 Å². The third-order valence-electron chi connectivity index (χ3n) is 6.18. The van der Waals surface area contributed by atoms with Gasteiger partial charge in [-0.05, 0) is 25.1 Å². The van der Waals surface area contributed by atoms with E-state index in [4.69, 9.17) is 4.42 Å². The number of nitrogens with zero attached hydrogens (tertiary/aromatic N) is 3. The minimum Gasteiger partial charge on any atom is -0.455 e. The number of fused-ring (bicyclic) bond motifs is 4. The number of para-hydroxylation sites is 1. The number of H-pyrrole nitrogens is 1. The first-order valence-electron chi connectivity index (χ1n) is 11.5. The van der Waals surface area contributed by atoms with Crippen LogP contribution in [0.3, 0.4) is 0 Å². The zero-order valence-corrected chi connectivity index (χ0v) is 20.5. The maximum atomic E-state index is 13.7. The van der Waals surface area contributed by atoms with E-state index in [-0.39, 0.29) is 4.90 Å². The minimum absolute atomic E-state index is 0.0977. The molecule has 37 heavy (non-hydrogen) atoms. The van der Waals surface area contributed by atoms with E-state index < -0.39 is 22.5 Å². The predicted octanol–water partition coefficient (Wildman–Crippen LogP) is 4.54. The minimum atomic E-state index is -4.05. The van der Waals surface area contributed by atoms with Gasteiger partial charge in [-0.15, -0.1) is 0 Å². The van der Waals surface area contributed by atoms with Crippen molar-refractivity contribution < 1.29 is 17.6 Å². The summed E-state index contributed by atoms with van der Waals surface area (Å²) in [4.78, 5) is 13.1. The number of aromatic nitrogens is 2. The van der Waals surface area contributed by atoms with E-state index in [0.717, 1.165) is 15.3 Å². The smallest absolute Gasteiger partial charge is 0.265 e. The van der Waals surface area contributed by atoms with Crippen molar-refractivity contribution in [3.05, 3.63) is 90.7 Å². The first kappa shape index (κ1) is 22.7. The van der Waals surface area contributed by atoms with Gasteiger partial charge in [0, 0.05) is 16.5 Å². The molecule has 0 bridgehead atoms. The van der Waals surface area contributed by atoms with Crippen molar-refractivity contribution in [1.82, 2.24) is 15.6 Å². The zero-order valence-electron chi connectivity index (χ0n) is 19.7. The monoisotopic (exact) mass is 511 g/mol. The Kier molecular flexibility index (Phi) is 5.38. The van der Waals surface area contributed by atoms with Gasteiger partial charge in [-0.2, -0.15) is 10.2 Å². The quantitative estimate of drug-likeness (QED) is 0.265. The van der Waals surface area contributed by atoms with Gasteiger partial charge in [0.25, 0.3) is 15.9 Å². The molecular weight excluding hydrogens is 490 g/mol. The highest BCUT2D eigenvalue weighted by molar-refractivity contribution is 7.93. The van der Waals surface area contributed by atoms with Gasteiger partial charge in [-0.3, -0.25) is 14.2 Å². The molecule has 1 aliphatic heterocycles. The Morgan fingerprint density at radius 1 is 1.03 bits per heavy atom. The van der Waals surface area contributed by atoms with Crippen LogP contribution in [0.5, 0.6) is 0 Å². The van der Waals surface area contributed by atoms with E-state index in [1.807, 2.05) is 60.7 Å². The van der Waals surface area contributed by atoms with Crippen molar-refractivity contribution >= 4 is 38.3 Å². The molecular formula is C27H21N5O4S. The summed E-state index contributed by atoms with van der Waals surface area (Å²) < 4.78 is 34.3. The molecule has 3 aromatic carbocycles. The van der Waals surface area contributed by atoms with Crippen molar-refractivity contribution in [3.8, 4) is 22.5 Å². The fourth-order valence-electron chi connectivity index (χ4n) is 4.39. The Labute approximate surface area is 212 Å². The molecule has 10 heteroatoms. The van der Waals surface area contributed by atoms with Gasteiger partial charge in [-0.1, -0.05) is 66.7 Å². The first-order chi connectivity index (χ1) is 17.9. The highest BCUT2D eigenvalue weighted by Gasteiger charge is 2.39. The average molecular weight is 512 g/mol. The number of hydrogen-bond donors (Lipinski definition) is 2. The molecule has 9 nitrogen and oxygen atoms in total. The summed E-state index contributed by atoms with van der Waals surface area (Å²) in [6, 6.07) is 25.2. The van der Waals surface area contributed by atoms with Gasteiger partial charge >= 0.3 is 0 Å². The van der Waals surface area contributed by atoms with Gasteiger partial charge in [0.1, 0.15) is 29.2 Å². The number of hydrazone groups is 1. The molecule has 0 radical (unpaired) electrons. The molecule has 6 rings (SSSR count). The highest BCUT2D eigenvalue weighted by atomic mass is 32.2. The largest absolute Gasteiger partial charge is 0.455 e. The molecule has 0 atom stereocenters. The van der Waals surface area contributed by atoms with E-state index >= 15 is 0 Å². The molecule has 3 heterocycles. The Morgan fingerprint density at radius 2 is 1.76 bits per heavy atom. The lowest BCUT2D eigenvalue weighted by Crippen LogP contribution is -2.41. The second kappa shape index (κ2) is 8.75. The second-order valence-corrected chi connectivity index (χ2v) is 10.4. The molecule has 0 fully saturated rings. The molecule has 0 aliphatic carbocycles. The number of amides is 1. The fourth-order valence-corrected chi connectivity index (χ4v) is 6.03.